The maximum Gasteiger partial charge on any atom is 0.416 e. The Kier molecular flexibility index (Phi) is 4.77. The van der Waals surface area contributed by atoms with Crippen LogP contribution in [-0.2, 0) is 9.53 Å². The summed E-state index contributed by atoms with van der Waals surface area (Å²) in [6.07, 6.45) is 2.25. The van der Waals surface area contributed by atoms with Crippen LogP contribution in [0.5, 0.6) is 0 Å². The van der Waals surface area contributed by atoms with Gasteiger partial charge in [-0.3, -0.25) is 4.79 Å². The quantitative estimate of drug-likeness (QED) is 0.828. The Morgan fingerprint density at radius 1 is 1.45 bits per heavy atom. The molecule has 0 spiro atoms. The van der Waals surface area contributed by atoms with Gasteiger partial charge < -0.3 is 4.74 Å². The fourth-order valence-electron chi connectivity index (χ4n) is 2.51. The summed E-state index contributed by atoms with van der Waals surface area (Å²) >= 11 is 0. The van der Waals surface area contributed by atoms with Crippen molar-refractivity contribution >= 4 is 12.0 Å². The van der Waals surface area contributed by atoms with Gasteiger partial charge in [0.1, 0.15) is 6.61 Å². The lowest BCUT2D eigenvalue weighted by atomic mass is 9.91. The SMILES string of the molecule is CCCCC(C(=O)N1CCOC1=O)c1cccc(C)c1. The van der Waals surface area contributed by atoms with Gasteiger partial charge in [0.05, 0.1) is 12.5 Å². The number of benzene rings is 1. The molecule has 4 nitrogen and oxygen atoms in total. The molecule has 1 heterocycles. The summed E-state index contributed by atoms with van der Waals surface area (Å²) in [5.41, 5.74) is 2.11. The van der Waals surface area contributed by atoms with Crippen LogP contribution in [0.25, 0.3) is 0 Å². The molecule has 4 heteroatoms. The van der Waals surface area contributed by atoms with Gasteiger partial charge >= 0.3 is 6.09 Å². The molecule has 0 saturated carbocycles. The molecule has 0 aromatic heterocycles. The van der Waals surface area contributed by atoms with Crippen molar-refractivity contribution in [2.24, 2.45) is 0 Å². The zero-order chi connectivity index (χ0) is 14.5. The Hall–Kier alpha value is -1.84. The van der Waals surface area contributed by atoms with Crippen molar-refractivity contribution in [2.75, 3.05) is 13.2 Å². The van der Waals surface area contributed by atoms with Gasteiger partial charge in [-0.1, -0.05) is 49.6 Å². The number of hydrogen-bond acceptors (Lipinski definition) is 3. The molecule has 2 rings (SSSR count). The number of hydrogen-bond donors (Lipinski definition) is 0. The molecular weight excluding hydrogens is 254 g/mol. The van der Waals surface area contributed by atoms with E-state index in [1.807, 2.05) is 31.2 Å². The summed E-state index contributed by atoms with van der Waals surface area (Å²) < 4.78 is 4.87. The summed E-state index contributed by atoms with van der Waals surface area (Å²) in [7, 11) is 0. The second-order valence-corrected chi connectivity index (χ2v) is 5.21. The number of aryl methyl sites for hydroxylation is 1. The summed E-state index contributed by atoms with van der Waals surface area (Å²) in [6.45, 7) is 4.78. The Labute approximate surface area is 119 Å². The largest absolute Gasteiger partial charge is 0.447 e. The van der Waals surface area contributed by atoms with Crippen molar-refractivity contribution in [1.29, 1.82) is 0 Å². The van der Waals surface area contributed by atoms with Gasteiger partial charge in [0.25, 0.3) is 0 Å². The predicted molar refractivity (Wildman–Crippen MR) is 76.5 cm³/mol. The fraction of sp³-hybridized carbons (Fsp3) is 0.500. The second-order valence-electron chi connectivity index (χ2n) is 5.21. The molecule has 1 saturated heterocycles. The van der Waals surface area contributed by atoms with Crippen LogP contribution in [0, 0.1) is 6.92 Å². The van der Waals surface area contributed by atoms with E-state index in [1.165, 1.54) is 4.90 Å². The molecule has 0 aliphatic carbocycles. The minimum Gasteiger partial charge on any atom is -0.447 e. The second kappa shape index (κ2) is 6.55. The molecule has 1 aliphatic rings. The zero-order valence-electron chi connectivity index (χ0n) is 12.1. The van der Waals surface area contributed by atoms with Crippen molar-refractivity contribution in [3.8, 4) is 0 Å². The van der Waals surface area contributed by atoms with Gasteiger partial charge in [-0.05, 0) is 18.9 Å². The Morgan fingerprint density at radius 3 is 2.85 bits per heavy atom. The molecule has 20 heavy (non-hydrogen) atoms. The molecule has 1 fully saturated rings. The highest BCUT2D eigenvalue weighted by Crippen LogP contribution is 2.26. The Balaban J connectivity index is 2.22. The average molecular weight is 275 g/mol. The molecule has 0 N–H and O–H groups in total. The van der Waals surface area contributed by atoms with Crippen LogP contribution < -0.4 is 0 Å². The predicted octanol–water partition coefficient (Wildman–Crippen LogP) is 3.25. The molecule has 1 unspecified atom stereocenters. The van der Waals surface area contributed by atoms with Crippen LogP contribution in [0.2, 0.25) is 0 Å². The van der Waals surface area contributed by atoms with Crippen molar-refractivity contribution in [2.45, 2.75) is 39.0 Å². The first-order valence-electron chi connectivity index (χ1n) is 7.18. The summed E-state index contributed by atoms with van der Waals surface area (Å²) in [4.78, 5) is 25.4. The molecule has 1 aromatic rings. The number of unbranched alkanes of at least 4 members (excludes halogenated alkanes) is 1. The van der Waals surface area contributed by atoms with E-state index in [0.29, 0.717) is 13.2 Å². The third-order valence-electron chi connectivity index (χ3n) is 3.62. The maximum atomic E-state index is 12.6. The lowest BCUT2D eigenvalue weighted by Crippen LogP contribution is -2.35. The van der Waals surface area contributed by atoms with Crippen LogP contribution in [0.15, 0.2) is 24.3 Å². The molecular formula is C16H21NO3. The van der Waals surface area contributed by atoms with E-state index in [2.05, 4.69) is 6.92 Å². The van der Waals surface area contributed by atoms with Crippen molar-refractivity contribution < 1.29 is 14.3 Å². The number of ether oxygens (including phenoxy) is 1. The highest BCUT2D eigenvalue weighted by molar-refractivity contribution is 5.96. The number of nitrogens with zero attached hydrogens (tertiary/aromatic N) is 1. The van der Waals surface area contributed by atoms with Crippen LogP contribution in [0.1, 0.15) is 43.2 Å². The number of carbonyl (C=O) groups is 2. The normalized spacial score (nSPS) is 16.1. The monoisotopic (exact) mass is 275 g/mol. The van der Waals surface area contributed by atoms with E-state index in [-0.39, 0.29) is 11.8 Å². The first kappa shape index (κ1) is 14.6. The molecule has 1 aromatic carbocycles. The van der Waals surface area contributed by atoms with Gasteiger partial charge in [-0.15, -0.1) is 0 Å². The third kappa shape index (κ3) is 3.18. The lowest BCUT2D eigenvalue weighted by molar-refractivity contribution is -0.129. The van der Waals surface area contributed by atoms with E-state index in [9.17, 15) is 9.59 Å². The van der Waals surface area contributed by atoms with Gasteiger partial charge in [-0.2, -0.15) is 0 Å². The van der Waals surface area contributed by atoms with Crippen LogP contribution in [0.3, 0.4) is 0 Å². The minimum atomic E-state index is -0.510. The molecule has 1 aliphatic heterocycles. The minimum absolute atomic E-state index is 0.133. The van der Waals surface area contributed by atoms with E-state index < -0.39 is 6.09 Å². The zero-order valence-corrected chi connectivity index (χ0v) is 12.1. The number of imide groups is 1. The number of amides is 2. The van der Waals surface area contributed by atoms with Gasteiger partial charge in [0, 0.05) is 0 Å². The van der Waals surface area contributed by atoms with E-state index >= 15 is 0 Å². The van der Waals surface area contributed by atoms with Crippen molar-refractivity contribution in [1.82, 2.24) is 4.90 Å². The Bertz CT molecular complexity index is 498. The number of cyclic esters (lactones) is 1. The number of carbonyl (C=O) groups excluding carboxylic acids is 2. The smallest absolute Gasteiger partial charge is 0.416 e. The average Bonchev–Trinajstić information content (AvgIpc) is 2.85. The highest BCUT2D eigenvalue weighted by atomic mass is 16.6. The maximum absolute atomic E-state index is 12.6. The van der Waals surface area contributed by atoms with Crippen LogP contribution in [-0.4, -0.2) is 30.1 Å². The van der Waals surface area contributed by atoms with Gasteiger partial charge in [0.2, 0.25) is 5.91 Å². The van der Waals surface area contributed by atoms with E-state index in [4.69, 9.17) is 4.74 Å². The molecule has 108 valence electrons. The molecule has 1 atom stereocenters. The topological polar surface area (TPSA) is 46.6 Å². The van der Waals surface area contributed by atoms with Crippen LogP contribution >= 0.6 is 0 Å². The molecule has 2 amide bonds. The highest BCUT2D eigenvalue weighted by Gasteiger charge is 2.33. The lowest BCUT2D eigenvalue weighted by Gasteiger charge is -2.21. The van der Waals surface area contributed by atoms with Gasteiger partial charge in [0.15, 0.2) is 0 Å². The van der Waals surface area contributed by atoms with Crippen molar-refractivity contribution in [3.05, 3.63) is 35.4 Å². The molecule has 0 radical (unpaired) electrons. The Morgan fingerprint density at radius 2 is 2.25 bits per heavy atom. The van der Waals surface area contributed by atoms with E-state index in [1.54, 1.807) is 0 Å². The standard InChI is InChI=1S/C16H21NO3/c1-3-4-8-14(13-7-5-6-12(2)11-13)15(18)17-9-10-20-16(17)19/h5-7,11,14H,3-4,8-10H2,1-2H3. The summed E-state index contributed by atoms with van der Waals surface area (Å²) in [5, 5.41) is 0. The first-order chi connectivity index (χ1) is 9.63. The third-order valence-corrected chi connectivity index (χ3v) is 3.62. The summed E-state index contributed by atoms with van der Waals surface area (Å²) in [6, 6.07) is 7.96. The summed E-state index contributed by atoms with van der Waals surface area (Å²) in [5.74, 6) is -0.382. The fourth-order valence-corrected chi connectivity index (χ4v) is 2.51. The van der Waals surface area contributed by atoms with Crippen LogP contribution in [0.4, 0.5) is 4.79 Å². The first-order valence-corrected chi connectivity index (χ1v) is 7.18. The van der Waals surface area contributed by atoms with E-state index in [0.717, 1.165) is 30.4 Å². The van der Waals surface area contributed by atoms with Gasteiger partial charge in [-0.25, -0.2) is 9.69 Å². The molecule has 0 bridgehead atoms. The van der Waals surface area contributed by atoms with Crippen molar-refractivity contribution in [3.63, 3.8) is 0 Å². The number of rotatable bonds is 5.